The molecule has 160 valence electrons. The van der Waals surface area contributed by atoms with Crippen LogP contribution < -0.4 is 10.1 Å². The third kappa shape index (κ3) is 3.84. The van der Waals surface area contributed by atoms with Crippen molar-refractivity contribution >= 4 is 17.2 Å². The van der Waals surface area contributed by atoms with Gasteiger partial charge in [-0.1, -0.05) is 6.92 Å². The molecule has 5 rings (SSSR count). The van der Waals surface area contributed by atoms with Crippen molar-refractivity contribution in [3.63, 3.8) is 0 Å². The predicted octanol–water partition coefficient (Wildman–Crippen LogP) is 3.05. The van der Waals surface area contributed by atoms with E-state index in [2.05, 4.69) is 43.4 Å². The van der Waals surface area contributed by atoms with Gasteiger partial charge < -0.3 is 10.1 Å². The number of ether oxygens (including phenoxy) is 1. The first-order valence-corrected chi connectivity index (χ1v) is 10.5. The number of nitrogens with one attached hydrogen (secondary N) is 1. The standard InChI is InChI=1S/C22H26N8O/c1-4-29-7-6-17(29)13-31-19-12-25-28(3)22(19)16-5-8-30-18(10-16)11-21(27-30)26-20-9-15(2)23-14-24-20/h5,8-12,14,17H,4,6-7,13H2,1-3H3,(H,23,24,26,27). The fourth-order valence-electron chi connectivity index (χ4n) is 3.99. The zero-order chi connectivity index (χ0) is 21.4. The van der Waals surface area contributed by atoms with Crippen LogP contribution in [0.4, 0.5) is 11.6 Å². The number of aryl methyl sites for hydroxylation is 2. The van der Waals surface area contributed by atoms with Crippen molar-refractivity contribution in [1.29, 1.82) is 0 Å². The maximum Gasteiger partial charge on any atom is 0.165 e. The molecule has 0 radical (unpaired) electrons. The Labute approximate surface area is 180 Å². The maximum atomic E-state index is 6.18. The Bertz CT molecular complexity index is 1210. The summed E-state index contributed by atoms with van der Waals surface area (Å²) in [5.74, 6) is 2.25. The molecule has 31 heavy (non-hydrogen) atoms. The van der Waals surface area contributed by atoms with Gasteiger partial charge in [0.2, 0.25) is 0 Å². The van der Waals surface area contributed by atoms with Gasteiger partial charge in [0.15, 0.2) is 11.6 Å². The Kier molecular flexibility index (Phi) is 5.03. The lowest BCUT2D eigenvalue weighted by Gasteiger charge is -2.39. The van der Waals surface area contributed by atoms with Gasteiger partial charge in [-0.15, -0.1) is 0 Å². The van der Waals surface area contributed by atoms with E-state index in [0.29, 0.717) is 12.6 Å². The molecule has 0 spiro atoms. The Hall–Kier alpha value is -3.46. The van der Waals surface area contributed by atoms with Gasteiger partial charge in [0, 0.05) is 49.2 Å². The molecule has 0 saturated carbocycles. The number of hydrogen-bond acceptors (Lipinski definition) is 7. The number of pyridine rings is 1. The molecule has 1 aliphatic rings. The monoisotopic (exact) mass is 418 g/mol. The van der Waals surface area contributed by atoms with Crippen molar-refractivity contribution in [2.24, 2.45) is 7.05 Å². The van der Waals surface area contributed by atoms with Crippen LogP contribution in [0.2, 0.25) is 0 Å². The summed E-state index contributed by atoms with van der Waals surface area (Å²) in [4.78, 5) is 10.8. The summed E-state index contributed by atoms with van der Waals surface area (Å²) in [6, 6.07) is 8.50. The molecule has 9 heteroatoms. The van der Waals surface area contributed by atoms with Gasteiger partial charge in [-0.25, -0.2) is 14.5 Å². The van der Waals surface area contributed by atoms with Gasteiger partial charge in [0.05, 0.1) is 11.7 Å². The lowest BCUT2D eigenvalue weighted by molar-refractivity contribution is 0.0563. The third-order valence-electron chi connectivity index (χ3n) is 5.81. The fourth-order valence-corrected chi connectivity index (χ4v) is 3.99. The van der Waals surface area contributed by atoms with Crippen LogP contribution in [0, 0.1) is 6.92 Å². The lowest BCUT2D eigenvalue weighted by Crippen LogP contribution is -2.50. The molecule has 0 bridgehead atoms. The summed E-state index contributed by atoms with van der Waals surface area (Å²) in [7, 11) is 1.94. The van der Waals surface area contributed by atoms with Crippen molar-refractivity contribution in [1.82, 2.24) is 34.3 Å². The van der Waals surface area contributed by atoms with Crippen LogP contribution in [0.5, 0.6) is 5.75 Å². The number of likely N-dealkylation sites (tertiary alicyclic amines) is 1. The molecule has 1 fully saturated rings. The first kappa shape index (κ1) is 19.5. The summed E-state index contributed by atoms with van der Waals surface area (Å²) in [5.41, 5.74) is 3.87. The summed E-state index contributed by atoms with van der Waals surface area (Å²) in [6.45, 7) is 7.04. The van der Waals surface area contributed by atoms with E-state index in [-0.39, 0.29) is 0 Å². The van der Waals surface area contributed by atoms with Crippen LogP contribution in [-0.4, -0.2) is 60.0 Å². The highest BCUT2D eigenvalue weighted by molar-refractivity contribution is 5.72. The highest BCUT2D eigenvalue weighted by Crippen LogP contribution is 2.31. The molecule has 0 aromatic carbocycles. The molecule has 4 aromatic rings. The molecule has 9 nitrogen and oxygen atoms in total. The van der Waals surface area contributed by atoms with Crippen molar-refractivity contribution in [3.8, 4) is 17.0 Å². The zero-order valence-electron chi connectivity index (χ0n) is 18.0. The van der Waals surface area contributed by atoms with Crippen LogP contribution in [-0.2, 0) is 7.05 Å². The Morgan fingerprint density at radius 1 is 1.19 bits per heavy atom. The van der Waals surface area contributed by atoms with Gasteiger partial charge >= 0.3 is 0 Å². The topological polar surface area (TPSA) is 85.4 Å². The van der Waals surface area contributed by atoms with E-state index in [1.807, 2.05) is 47.6 Å². The number of hydrogen-bond donors (Lipinski definition) is 1. The van der Waals surface area contributed by atoms with E-state index in [0.717, 1.165) is 52.9 Å². The molecule has 1 N–H and O–H groups in total. The van der Waals surface area contributed by atoms with E-state index in [1.165, 1.54) is 6.42 Å². The highest BCUT2D eigenvalue weighted by Gasteiger charge is 2.27. The second-order valence-electron chi connectivity index (χ2n) is 7.85. The molecule has 5 heterocycles. The lowest BCUT2D eigenvalue weighted by atomic mass is 10.0. The summed E-state index contributed by atoms with van der Waals surface area (Å²) in [5, 5.41) is 12.3. The zero-order valence-corrected chi connectivity index (χ0v) is 18.0. The van der Waals surface area contributed by atoms with Crippen LogP contribution in [0.15, 0.2) is 43.0 Å². The minimum absolute atomic E-state index is 0.495. The number of nitrogens with zero attached hydrogens (tertiary/aromatic N) is 7. The minimum atomic E-state index is 0.495. The number of anilines is 2. The average molecular weight is 419 g/mol. The first-order chi connectivity index (χ1) is 15.1. The van der Waals surface area contributed by atoms with Crippen LogP contribution in [0.1, 0.15) is 19.0 Å². The summed E-state index contributed by atoms with van der Waals surface area (Å²) in [6.07, 6.45) is 6.48. The van der Waals surface area contributed by atoms with Crippen molar-refractivity contribution < 1.29 is 4.74 Å². The van der Waals surface area contributed by atoms with Crippen LogP contribution in [0.3, 0.4) is 0 Å². The normalized spacial score (nSPS) is 16.4. The maximum absolute atomic E-state index is 6.18. The van der Waals surface area contributed by atoms with Crippen molar-refractivity contribution in [2.75, 3.05) is 25.0 Å². The Balaban J connectivity index is 1.38. The molecular weight excluding hydrogens is 392 g/mol. The van der Waals surface area contributed by atoms with Crippen LogP contribution >= 0.6 is 0 Å². The second kappa shape index (κ2) is 7.99. The Morgan fingerprint density at radius 3 is 2.87 bits per heavy atom. The quantitative estimate of drug-likeness (QED) is 0.494. The van der Waals surface area contributed by atoms with E-state index >= 15 is 0 Å². The summed E-state index contributed by atoms with van der Waals surface area (Å²) < 4.78 is 9.88. The smallest absolute Gasteiger partial charge is 0.165 e. The largest absolute Gasteiger partial charge is 0.488 e. The predicted molar refractivity (Wildman–Crippen MR) is 119 cm³/mol. The third-order valence-corrected chi connectivity index (χ3v) is 5.81. The summed E-state index contributed by atoms with van der Waals surface area (Å²) >= 11 is 0. The number of aromatic nitrogens is 6. The molecule has 1 aliphatic heterocycles. The molecule has 1 unspecified atom stereocenters. The van der Waals surface area contributed by atoms with Gasteiger partial charge in [0.25, 0.3) is 0 Å². The SMILES string of the molecule is CCN1CCC1COc1cnn(C)c1-c1ccn2nc(Nc3cc(C)ncn3)cc2c1. The second-order valence-corrected chi connectivity index (χ2v) is 7.85. The number of fused-ring (bicyclic) bond motifs is 1. The van der Waals surface area contributed by atoms with Gasteiger partial charge in [-0.05, 0) is 32.0 Å². The molecule has 0 aliphatic carbocycles. The first-order valence-electron chi connectivity index (χ1n) is 10.5. The van der Waals surface area contributed by atoms with E-state index < -0.39 is 0 Å². The fraction of sp³-hybridized carbons (Fsp3) is 0.364. The Morgan fingerprint density at radius 2 is 2.10 bits per heavy atom. The van der Waals surface area contributed by atoms with Crippen LogP contribution in [0.25, 0.3) is 16.8 Å². The van der Waals surface area contributed by atoms with E-state index in [9.17, 15) is 0 Å². The van der Waals surface area contributed by atoms with E-state index in [4.69, 9.17) is 4.74 Å². The number of rotatable bonds is 7. The average Bonchev–Trinajstić information content (AvgIpc) is 3.29. The molecule has 1 atom stereocenters. The van der Waals surface area contributed by atoms with E-state index in [1.54, 1.807) is 12.5 Å². The van der Waals surface area contributed by atoms with Gasteiger partial charge in [-0.3, -0.25) is 9.58 Å². The minimum Gasteiger partial charge on any atom is -0.488 e. The number of likely N-dealkylation sites (N-methyl/N-ethyl adjacent to an activating group) is 1. The molecule has 0 amide bonds. The molecule has 1 saturated heterocycles. The molecule has 4 aromatic heterocycles. The van der Waals surface area contributed by atoms with Crippen molar-refractivity contribution in [3.05, 3.63) is 48.7 Å². The van der Waals surface area contributed by atoms with Crippen molar-refractivity contribution in [2.45, 2.75) is 26.3 Å². The molecular formula is C22H26N8O. The highest BCUT2D eigenvalue weighted by atomic mass is 16.5. The van der Waals surface area contributed by atoms with Gasteiger partial charge in [0.1, 0.15) is 24.4 Å². The van der Waals surface area contributed by atoms with Gasteiger partial charge in [-0.2, -0.15) is 10.2 Å².